The predicted octanol–water partition coefficient (Wildman–Crippen LogP) is 3.66. The van der Waals surface area contributed by atoms with Crippen LogP contribution < -0.4 is 4.31 Å². The number of sulfonamides is 1. The molecule has 2 aromatic carbocycles. The van der Waals surface area contributed by atoms with Crippen LogP contribution in [0.5, 0.6) is 0 Å². The van der Waals surface area contributed by atoms with Crippen LogP contribution >= 0.6 is 15.9 Å². The van der Waals surface area contributed by atoms with E-state index in [9.17, 15) is 17.6 Å². The summed E-state index contributed by atoms with van der Waals surface area (Å²) >= 11 is 3.26. The largest absolute Gasteiger partial charge is 0.465 e. The summed E-state index contributed by atoms with van der Waals surface area (Å²) < 4.78 is 45.9. The Labute approximate surface area is 154 Å². The number of carbonyl (C=O) groups excluding carboxylic acids is 1. The van der Waals surface area contributed by atoms with Crippen molar-refractivity contribution in [2.24, 2.45) is 0 Å². The first-order chi connectivity index (χ1) is 11.8. The number of esters is 1. The lowest BCUT2D eigenvalue weighted by molar-refractivity contribution is -0.141. The molecule has 2 rings (SSSR count). The van der Waals surface area contributed by atoms with Crippen molar-refractivity contribution in [3.05, 3.63) is 58.3 Å². The van der Waals surface area contributed by atoms with Crippen molar-refractivity contribution in [2.75, 3.05) is 17.5 Å². The van der Waals surface area contributed by atoms with Crippen molar-refractivity contribution >= 4 is 37.6 Å². The van der Waals surface area contributed by atoms with Crippen LogP contribution in [0, 0.1) is 12.7 Å². The van der Waals surface area contributed by atoms with E-state index in [-0.39, 0.29) is 17.2 Å². The third-order valence-electron chi connectivity index (χ3n) is 3.41. The van der Waals surface area contributed by atoms with Gasteiger partial charge in [0, 0.05) is 4.47 Å². The first-order valence-electron chi connectivity index (χ1n) is 7.45. The van der Waals surface area contributed by atoms with Gasteiger partial charge in [-0.05, 0) is 55.8 Å². The summed E-state index contributed by atoms with van der Waals surface area (Å²) in [5.74, 6) is -1.20. The zero-order valence-electron chi connectivity index (χ0n) is 13.7. The lowest BCUT2D eigenvalue weighted by Crippen LogP contribution is -2.37. The van der Waals surface area contributed by atoms with Gasteiger partial charge in [-0.2, -0.15) is 0 Å². The second kappa shape index (κ2) is 7.97. The average Bonchev–Trinajstić information content (AvgIpc) is 2.56. The topological polar surface area (TPSA) is 63.7 Å². The molecule has 0 bridgehead atoms. The maximum Gasteiger partial charge on any atom is 0.326 e. The second-order valence-corrected chi connectivity index (χ2v) is 7.95. The van der Waals surface area contributed by atoms with Crippen LogP contribution in [0.1, 0.15) is 12.5 Å². The SMILES string of the molecule is CCOC(=O)CN(c1ccc(F)cc1)S(=O)(=O)c1cc(Br)ccc1C. The normalized spacial score (nSPS) is 11.2. The Bertz CT molecular complexity index is 869. The molecule has 134 valence electrons. The van der Waals surface area contributed by atoms with Gasteiger partial charge in [-0.1, -0.05) is 22.0 Å². The fourth-order valence-corrected chi connectivity index (χ4v) is 4.39. The highest BCUT2D eigenvalue weighted by Gasteiger charge is 2.29. The third kappa shape index (κ3) is 4.58. The Morgan fingerprint density at radius 3 is 2.44 bits per heavy atom. The summed E-state index contributed by atoms with van der Waals surface area (Å²) in [5, 5.41) is 0. The molecule has 0 fully saturated rings. The summed E-state index contributed by atoms with van der Waals surface area (Å²) in [7, 11) is -4.05. The minimum absolute atomic E-state index is 0.0514. The van der Waals surface area contributed by atoms with Gasteiger partial charge in [0.15, 0.2) is 0 Å². The van der Waals surface area contributed by atoms with Crippen molar-refractivity contribution in [1.82, 2.24) is 0 Å². The number of rotatable bonds is 6. The highest BCUT2D eigenvalue weighted by Crippen LogP contribution is 2.28. The number of hydrogen-bond donors (Lipinski definition) is 0. The molecule has 2 aromatic rings. The first-order valence-corrected chi connectivity index (χ1v) is 9.69. The third-order valence-corrected chi connectivity index (χ3v) is 5.82. The van der Waals surface area contributed by atoms with Gasteiger partial charge in [0.25, 0.3) is 10.0 Å². The number of anilines is 1. The number of hydrogen-bond acceptors (Lipinski definition) is 4. The van der Waals surface area contributed by atoms with Crippen LogP contribution in [0.3, 0.4) is 0 Å². The number of halogens is 2. The summed E-state index contributed by atoms with van der Waals surface area (Å²) in [6, 6.07) is 9.73. The van der Waals surface area contributed by atoms with Crippen molar-refractivity contribution < 1.29 is 22.3 Å². The van der Waals surface area contributed by atoms with Crippen LogP contribution in [-0.2, 0) is 19.6 Å². The van der Waals surface area contributed by atoms with Crippen LogP contribution in [0.25, 0.3) is 0 Å². The Balaban J connectivity index is 2.54. The van der Waals surface area contributed by atoms with E-state index in [2.05, 4.69) is 15.9 Å². The predicted molar refractivity (Wildman–Crippen MR) is 96.4 cm³/mol. The van der Waals surface area contributed by atoms with Crippen molar-refractivity contribution in [3.63, 3.8) is 0 Å². The number of benzene rings is 2. The Hall–Kier alpha value is -1.93. The molecule has 0 saturated carbocycles. The zero-order chi connectivity index (χ0) is 18.6. The molecule has 0 heterocycles. The van der Waals surface area contributed by atoms with Gasteiger partial charge in [0.05, 0.1) is 17.2 Å². The average molecular weight is 430 g/mol. The van der Waals surface area contributed by atoms with Crippen molar-refractivity contribution in [3.8, 4) is 0 Å². The van der Waals surface area contributed by atoms with Crippen LogP contribution in [0.15, 0.2) is 51.8 Å². The van der Waals surface area contributed by atoms with Gasteiger partial charge in [-0.3, -0.25) is 9.10 Å². The van der Waals surface area contributed by atoms with E-state index >= 15 is 0 Å². The molecule has 0 unspecified atom stereocenters. The summed E-state index contributed by atoms with van der Waals surface area (Å²) in [6.07, 6.45) is 0. The Morgan fingerprint density at radius 2 is 1.84 bits per heavy atom. The van der Waals surface area contributed by atoms with E-state index in [1.54, 1.807) is 26.0 Å². The smallest absolute Gasteiger partial charge is 0.326 e. The standard InChI is InChI=1S/C17H17BrFNO4S/c1-3-24-17(21)11-20(15-8-6-14(19)7-9-15)25(22,23)16-10-13(18)5-4-12(16)2/h4-10H,3,11H2,1-2H3. The Morgan fingerprint density at radius 1 is 1.20 bits per heavy atom. The van der Waals surface area contributed by atoms with Crippen molar-refractivity contribution in [2.45, 2.75) is 18.7 Å². The molecule has 0 aliphatic heterocycles. The maximum absolute atomic E-state index is 13.2. The molecule has 0 spiro atoms. The number of nitrogens with zero attached hydrogens (tertiary/aromatic N) is 1. The second-order valence-electron chi connectivity index (χ2n) is 5.20. The van der Waals surface area contributed by atoms with Gasteiger partial charge in [0.2, 0.25) is 0 Å². The molecule has 0 N–H and O–H groups in total. The van der Waals surface area contributed by atoms with Gasteiger partial charge < -0.3 is 4.74 Å². The number of carbonyl (C=O) groups is 1. The summed E-state index contributed by atoms with van der Waals surface area (Å²) in [6.45, 7) is 2.92. The highest BCUT2D eigenvalue weighted by molar-refractivity contribution is 9.10. The minimum Gasteiger partial charge on any atom is -0.465 e. The zero-order valence-corrected chi connectivity index (χ0v) is 16.1. The lowest BCUT2D eigenvalue weighted by atomic mass is 10.2. The van der Waals surface area contributed by atoms with E-state index in [1.165, 1.54) is 18.2 Å². The molecular weight excluding hydrogens is 413 g/mol. The highest BCUT2D eigenvalue weighted by atomic mass is 79.9. The molecule has 0 aliphatic carbocycles. The maximum atomic E-state index is 13.2. The molecule has 0 aromatic heterocycles. The van der Waals surface area contributed by atoms with Gasteiger partial charge in [0.1, 0.15) is 12.4 Å². The molecule has 0 atom stereocenters. The van der Waals surface area contributed by atoms with Crippen LogP contribution in [-0.4, -0.2) is 27.5 Å². The van der Waals surface area contributed by atoms with Crippen LogP contribution in [0.4, 0.5) is 10.1 Å². The lowest BCUT2D eigenvalue weighted by Gasteiger charge is -2.24. The summed E-state index contributed by atoms with van der Waals surface area (Å²) in [4.78, 5) is 12.0. The van der Waals surface area contributed by atoms with Gasteiger partial charge in [-0.15, -0.1) is 0 Å². The molecular formula is C17H17BrFNO4S. The number of ether oxygens (including phenoxy) is 1. The fraction of sp³-hybridized carbons (Fsp3) is 0.235. The van der Waals surface area contributed by atoms with E-state index in [0.29, 0.717) is 10.0 Å². The summed E-state index contributed by atoms with van der Waals surface area (Å²) in [5.41, 5.74) is 0.702. The fourth-order valence-electron chi connectivity index (χ4n) is 2.22. The quantitative estimate of drug-likeness (QED) is 0.657. The number of aryl methyl sites for hydroxylation is 1. The molecule has 0 saturated heterocycles. The van der Waals surface area contributed by atoms with E-state index in [1.807, 2.05) is 0 Å². The monoisotopic (exact) mass is 429 g/mol. The molecule has 25 heavy (non-hydrogen) atoms. The van der Waals surface area contributed by atoms with Gasteiger partial charge >= 0.3 is 5.97 Å². The molecule has 0 amide bonds. The molecule has 5 nitrogen and oxygen atoms in total. The molecule has 0 aliphatic rings. The Kier molecular flexibility index (Phi) is 6.18. The van der Waals surface area contributed by atoms with Crippen molar-refractivity contribution in [1.29, 1.82) is 0 Å². The molecule has 0 radical (unpaired) electrons. The van der Waals surface area contributed by atoms with E-state index in [4.69, 9.17) is 4.74 Å². The minimum atomic E-state index is -4.05. The first kappa shape index (κ1) is 19.4. The van der Waals surface area contributed by atoms with E-state index in [0.717, 1.165) is 16.4 Å². The van der Waals surface area contributed by atoms with Gasteiger partial charge in [-0.25, -0.2) is 12.8 Å². The van der Waals surface area contributed by atoms with E-state index < -0.39 is 28.4 Å². The molecule has 8 heteroatoms. The van der Waals surface area contributed by atoms with Crippen LogP contribution in [0.2, 0.25) is 0 Å².